The highest BCUT2D eigenvalue weighted by molar-refractivity contribution is 5.75. The van der Waals surface area contributed by atoms with Gasteiger partial charge in [0, 0.05) is 47.9 Å². The largest absolute Gasteiger partial charge is 0.385 e. The molecule has 1 atom stereocenters. The summed E-state index contributed by atoms with van der Waals surface area (Å²) in [5.74, 6) is 7.04. The Bertz CT molecular complexity index is 1310. The predicted octanol–water partition coefficient (Wildman–Crippen LogP) is 2.01. The first kappa shape index (κ1) is 22.9. The number of pyridine rings is 1. The number of aliphatic hydroxyl groups excluding tert-OH is 1. The van der Waals surface area contributed by atoms with Crippen molar-refractivity contribution in [1.29, 1.82) is 0 Å². The third-order valence-electron chi connectivity index (χ3n) is 4.96. The van der Waals surface area contributed by atoms with E-state index in [1.165, 1.54) is 0 Å². The molecule has 0 fully saturated rings. The van der Waals surface area contributed by atoms with Gasteiger partial charge in [-0.1, -0.05) is 17.0 Å². The Morgan fingerprint density at radius 1 is 1.15 bits per heavy atom. The van der Waals surface area contributed by atoms with Gasteiger partial charge in [-0.25, -0.2) is 4.98 Å². The van der Waals surface area contributed by atoms with E-state index in [2.05, 4.69) is 32.3 Å². The molecular weight excluding hydrogens is 432 g/mol. The van der Waals surface area contributed by atoms with E-state index in [4.69, 9.17) is 10.3 Å². The molecule has 0 bridgehead atoms. The molecule has 3 aromatic heterocycles. The maximum absolute atomic E-state index is 10.8. The van der Waals surface area contributed by atoms with Crippen molar-refractivity contribution in [3.8, 4) is 23.2 Å². The highest BCUT2D eigenvalue weighted by Gasteiger charge is 2.12. The third-order valence-corrected chi connectivity index (χ3v) is 4.96. The number of amides is 1. The zero-order valence-corrected chi connectivity index (χ0v) is 18.6. The second kappa shape index (κ2) is 10.6. The van der Waals surface area contributed by atoms with Gasteiger partial charge in [0.25, 0.3) is 0 Å². The molecule has 0 radical (unpaired) electrons. The standard InChI is InChI=1S/C25H24N6O3/c1-17(32)25-28-10-11-31(25)16-22-12-23(34-30-22)20-7-4-18(5-8-20)2-3-19-6-9-21(29-13-19)14-27-15-24(26)33/h4-13,17,27,32H,14-16H2,1H3,(H2,26,33). The molecule has 4 aromatic rings. The zero-order valence-electron chi connectivity index (χ0n) is 18.6. The Labute approximate surface area is 196 Å². The summed E-state index contributed by atoms with van der Waals surface area (Å²) in [5.41, 5.74) is 9.17. The maximum Gasteiger partial charge on any atom is 0.231 e. The van der Waals surface area contributed by atoms with Crippen molar-refractivity contribution in [3.05, 3.63) is 89.4 Å². The molecule has 1 aromatic carbocycles. The van der Waals surface area contributed by atoms with Gasteiger partial charge in [0.15, 0.2) is 5.76 Å². The van der Waals surface area contributed by atoms with E-state index in [-0.39, 0.29) is 6.54 Å². The van der Waals surface area contributed by atoms with Gasteiger partial charge in [-0.2, -0.15) is 0 Å². The van der Waals surface area contributed by atoms with E-state index in [0.717, 1.165) is 28.1 Å². The SMILES string of the molecule is CC(O)c1nccn1Cc1cc(-c2ccc(C#Cc3ccc(CNCC(N)=O)nc3)cc2)on1. The van der Waals surface area contributed by atoms with Gasteiger partial charge < -0.3 is 25.2 Å². The molecule has 1 unspecified atom stereocenters. The number of primary amides is 1. The van der Waals surface area contributed by atoms with Crippen molar-refractivity contribution in [2.24, 2.45) is 5.73 Å². The van der Waals surface area contributed by atoms with Gasteiger partial charge in [-0.3, -0.25) is 9.78 Å². The zero-order chi connectivity index (χ0) is 23.9. The molecule has 0 saturated heterocycles. The second-order valence-electron chi connectivity index (χ2n) is 7.71. The van der Waals surface area contributed by atoms with E-state index in [0.29, 0.717) is 24.7 Å². The summed E-state index contributed by atoms with van der Waals surface area (Å²) in [6.45, 7) is 2.71. The van der Waals surface area contributed by atoms with Gasteiger partial charge in [0.1, 0.15) is 17.6 Å². The minimum atomic E-state index is -0.658. The normalized spacial score (nSPS) is 11.6. The minimum absolute atomic E-state index is 0.114. The van der Waals surface area contributed by atoms with Crippen LogP contribution >= 0.6 is 0 Å². The van der Waals surface area contributed by atoms with Crippen molar-refractivity contribution in [2.75, 3.05) is 6.54 Å². The molecule has 172 valence electrons. The van der Waals surface area contributed by atoms with E-state index in [1.807, 2.05) is 47.0 Å². The molecular formula is C25H24N6O3. The van der Waals surface area contributed by atoms with Gasteiger partial charge in [0.2, 0.25) is 5.91 Å². The number of carbonyl (C=O) groups is 1. The van der Waals surface area contributed by atoms with Crippen LogP contribution in [0.5, 0.6) is 0 Å². The van der Waals surface area contributed by atoms with Crippen LogP contribution in [-0.4, -0.2) is 37.3 Å². The fourth-order valence-electron chi connectivity index (χ4n) is 3.30. The van der Waals surface area contributed by atoms with Crippen LogP contribution in [0.3, 0.4) is 0 Å². The van der Waals surface area contributed by atoms with Crippen molar-refractivity contribution >= 4 is 5.91 Å². The van der Waals surface area contributed by atoms with Crippen LogP contribution in [0, 0.1) is 11.8 Å². The first-order chi connectivity index (χ1) is 16.5. The Morgan fingerprint density at radius 2 is 1.91 bits per heavy atom. The number of hydrogen-bond acceptors (Lipinski definition) is 7. The first-order valence-electron chi connectivity index (χ1n) is 10.7. The number of nitrogens with two attached hydrogens (primary N) is 1. The Balaban J connectivity index is 1.37. The number of aromatic nitrogens is 4. The lowest BCUT2D eigenvalue weighted by molar-refractivity contribution is -0.117. The van der Waals surface area contributed by atoms with Crippen LogP contribution in [0.25, 0.3) is 11.3 Å². The van der Waals surface area contributed by atoms with Crippen LogP contribution in [0.4, 0.5) is 0 Å². The molecule has 9 nitrogen and oxygen atoms in total. The fourth-order valence-corrected chi connectivity index (χ4v) is 3.30. The summed E-state index contributed by atoms with van der Waals surface area (Å²) < 4.78 is 7.34. The number of aliphatic hydroxyl groups is 1. The molecule has 0 aliphatic heterocycles. The summed E-state index contributed by atoms with van der Waals surface area (Å²) in [6.07, 6.45) is 4.49. The topological polar surface area (TPSA) is 132 Å². The summed E-state index contributed by atoms with van der Waals surface area (Å²) in [7, 11) is 0. The summed E-state index contributed by atoms with van der Waals surface area (Å²) in [5, 5.41) is 16.8. The minimum Gasteiger partial charge on any atom is -0.385 e. The highest BCUT2D eigenvalue weighted by atomic mass is 16.5. The first-order valence-corrected chi connectivity index (χ1v) is 10.7. The average molecular weight is 457 g/mol. The van der Waals surface area contributed by atoms with Crippen LogP contribution in [-0.2, 0) is 17.9 Å². The van der Waals surface area contributed by atoms with E-state index in [9.17, 15) is 9.90 Å². The smallest absolute Gasteiger partial charge is 0.231 e. The number of carbonyl (C=O) groups excluding carboxylic acids is 1. The predicted molar refractivity (Wildman–Crippen MR) is 125 cm³/mol. The summed E-state index contributed by atoms with van der Waals surface area (Å²) >= 11 is 0. The Kier molecular flexibility index (Phi) is 7.13. The number of nitrogens with zero attached hydrogens (tertiary/aromatic N) is 4. The monoisotopic (exact) mass is 456 g/mol. The fraction of sp³-hybridized carbons (Fsp3) is 0.200. The third kappa shape index (κ3) is 5.95. The molecule has 3 heterocycles. The Morgan fingerprint density at radius 3 is 2.62 bits per heavy atom. The number of benzene rings is 1. The molecule has 0 spiro atoms. The van der Waals surface area contributed by atoms with E-state index in [1.54, 1.807) is 25.5 Å². The van der Waals surface area contributed by atoms with Crippen LogP contribution in [0.2, 0.25) is 0 Å². The average Bonchev–Trinajstić information content (AvgIpc) is 3.49. The van der Waals surface area contributed by atoms with Gasteiger partial charge in [0.05, 0.1) is 18.8 Å². The molecule has 1 amide bonds. The van der Waals surface area contributed by atoms with Crippen LogP contribution in [0.15, 0.2) is 65.6 Å². The lowest BCUT2D eigenvalue weighted by atomic mass is 10.1. The summed E-state index contributed by atoms with van der Waals surface area (Å²) in [4.78, 5) is 19.3. The lowest BCUT2D eigenvalue weighted by Crippen LogP contribution is -2.28. The highest BCUT2D eigenvalue weighted by Crippen LogP contribution is 2.22. The molecule has 4 N–H and O–H groups in total. The van der Waals surface area contributed by atoms with Gasteiger partial charge in [-0.05, 0) is 43.3 Å². The number of nitrogens with one attached hydrogen (secondary N) is 1. The van der Waals surface area contributed by atoms with Crippen LogP contribution < -0.4 is 11.1 Å². The van der Waals surface area contributed by atoms with Gasteiger partial charge in [-0.15, -0.1) is 0 Å². The molecule has 0 aliphatic rings. The number of hydrogen-bond donors (Lipinski definition) is 3. The quantitative estimate of drug-likeness (QED) is 0.346. The van der Waals surface area contributed by atoms with E-state index >= 15 is 0 Å². The van der Waals surface area contributed by atoms with Gasteiger partial charge >= 0.3 is 0 Å². The molecule has 9 heteroatoms. The molecule has 4 rings (SSSR count). The van der Waals surface area contributed by atoms with Crippen molar-refractivity contribution in [1.82, 2.24) is 25.0 Å². The maximum atomic E-state index is 10.8. The van der Waals surface area contributed by atoms with Crippen molar-refractivity contribution < 1.29 is 14.4 Å². The van der Waals surface area contributed by atoms with Crippen molar-refractivity contribution in [3.63, 3.8) is 0 Å². The second-order valence-corrected chi connectivity index (χ2v) is 7.71. The van der Waals surface area contributed by atoms with Crippen molar-refractivity contribution in [2.45, 2.75) is 26.1 Å². The van der Waals surface area contributed by atoms with E-state index < -0.39 is 12.0 Å². The number of imidazole rings is 1. The molecule has 34 heavy (non-hydrogen) atoms. The van der Waals surface area contributed by atoms with Crippen LogP contribution in [0.1, 0.15) is 41.4 Å². The lowest BCUT2D eigenvalue weighted by Gasteiger charge is -2.07. The summed E-state index contributed by atoms with van der Waals surface area (Å²) in [6, 6.07) is 13.3. The molecule has 0 aliphatic carbocycles. The Hall–Kier alpha value is -4.26. The molecule has 0 saturated carbocycles. The number of rotatable bonds is 8.